The quantitative estimate of drug-likeness (QED) is 0.578. The lowest BCUT2D eigenvalue weighted by Gasteiger charge is -2.36. The van der Waals surface area contributed by atoms with Gasteiger partial charge in [-0.2, -0.15) is 5.10 Å². The Balaban J connectivity index is 1.47. The summed E-state index contributed by atoms with van der Waals surface area (Å²) in [4.78, 5) is 34.3. The van der Waals surface area contributed by atoms with Crippen molar-refractivity contribution in [3.63, 3.8) is 0 Å². The van der Waals surface area contributed by atoms with E-state index in [0.717, 1.165) is 0 Å². The van der Waals surface area contributed by atoms with Gasteiger partial charge in [0.05, 0.1) is 5.69 Å². The lowest BCUT2D eigenvalue weighted by molar-refractivity contribution is -0.118. The molecule has 4 heterocycles. The summed E-state index contributed by atoms with van der Waals surface area (Å²) in [6.07, 6.45) is 4.28. The van der Waals surface area contributed by atoms with E-state index in [2.05, 4.69) is 20.4 Å². The fourth-order valence-corrected chi connectivity index (χ4v) is 4.37. The second kappa shape index (κ2) is 8.95. The van der Waals surface area contributed by atoms with Gasteiger partial charge in [0.2, 0.25) is 5.75 Å². The fraction of sp³-hybridized carbons (Fsp3) is 0.409. The molecule has 34 heavy (non-hydrogen) atoms. The van der Waals surface area contributed by atoms with Crippen LogP contribution < -0.4 is 10.9 Å². The fourth-order valence-electron chi connectivity index (χ4n) is 4.37. The minimum atomic E-state index is -0.853. The largest absolute Gasteiger partial charge is 0.501 e. The molecule has 0 unspecified atom stereocenters. The maximum absolute atomic E-state index is 13.8. The number of aromatic hydroxyl groups is 1. The molecule has 178 valence electrons. The number of amides is 1. The first-order chi connectivity index (χ1) is 16.5. The molecule has 5 rings (SSSR count). The maximum atomic E-state index is 13.8. The molecule has 0 atom stereocenters. The van der Waals surface area contributed by atoms with Gasteiger partial charge >= 0.3 is 0 Å². The number of rotatable bonds is 4. The van der Waals surface area contributed by atoms with Gasteiger partial charge in [-0.15, -0.1) is 0 Å². The maximum Gasteiger partial charge on any atom is 0.296 e. The van der Waals surface area contributed by atoms with E-state index in [1.54, 1.807) is 0 Å². The number of halogens is 1. The number of fused-ring (bicyclic) bond motifs is 2. The summed E-state index contributed by atoms with van der Waals surface area (Å²) in [7, 11) is 0. The zero-order valence-electron chi connectivity index (χ0n) is 18.2. The van der Waals surface area contributed by atoms with E-state index >= 15 is 0 Å². The minimum Gasteiger partial charge on any atom is -0.501 e. The predicted molar refractivity (Wildman–Crippen MR) is 115 cm³/mol. The summed E-state index contributed by atoms with van der Waals surface area (Å²) in [6, 6.07) is 4.04. The Morgan fingerprint density at radius 2 is 2.09 bits per heavy atom. The van der Waals surface area contributed by atoms with Crippen molar-refractivity contribution in [2.45, 2.75) is 38.0 Å². The SMILES string of the molecule is O=C(NCc1ccc(F)cc1-n1cncn1)c1nc2n(c(=O)c1O)CCCOC21CCOCC1. The van der Waals surface area contributed by atoms with Crippen molar-refractivity contribution in [2.24, 2.45) is 0 Å². The molecule has 2 aliphatic heterocycles. The topological polar surface area (TPSA) is 133 Å². The van der Waals surface area contributed by atoms with Crippen LogP contribution in [0.5, 0.6) is 5.75 Å². The molecule has 1 amide bonds. The highest BCUT2D eigenvalue weighted by molar-refractivity contribution is 5.94. The van der Waals surface area contributed by atoms with E-state index in [4.69, 9.17) is 9.47 Å². The Labute approximate surface area is 193 Å². The monoisotopic (exact) mass is 470 g/mol. The Morgan fingerprint density at radius 1 is 1.26 bits per heavy atom. The minimum absolute atomic E-state index is 0.0245. The van der Waals surface area contributed by atoms with Gasteiger partial charge in [0, 0.05) is 45.8 Å². The van der Waals surface area contributed by atoms with E-state index in [0.29, 0.717) is 62.7 Å². The first kappa shape index (κ1) is 22.2. The number of aromatic nitrogens is 5. The molecular weight excluding hydrogens is 447 g/mol. The molecule has 0 saturated carbocycles. The van der Waals surface area contributed by atoms with E-state index in [1.807, 2.05) is 0 Å². The highest BCUT2D eigenvalue weighted by atomic mass is 19.1. The second-order valence-electron chi connectivity index (χ2n) is 8.19. The van der Waals surface area contributed by atoms with Gasteiger partial charge in [-0.1, -0.05) is 6.07 Å². The molecule has 2 aromatic heterocycles. The zero-order valence-corrected chi connectivity index (χ0v) is 18.2. The lowest BCUT2D eigenvalue weighted by Crippen LogP contribution is -2.42. The summed E-state index contributed by atoms with van der Waals surface area (Å²) in [6.45, 7) is 1.61. The summed E-state index contributed by atoms with van der Waals surface area (Å²) >= 11 is 0. The second-order valence-corrected chi connectivity index (χ2v) is 8.19. The average molecular weight is 470 g/mol. The zero-order chi connectivity index (χ0) is 23.7. The highest BCUT2D eigenvalue weighted by Crippen LogP contribution is 2.37. The molecule has 1 saturated heterocycles. The van der Waals surface area contributed by atoms with Crippen LogP contribution in [0, 0.1) is 5.82 Å². The number of benzene rings is 1. The van der Waals surface area contributed by atoms with E-state index in [1.165, 1.54) is 40.1 Å². The van der Waals surface area contributed by atoms with Gasteiger partial charge in [0.25, 0.3) is 11.5 Å². The predicted octanol–water partition coefficient (Wildman–Crippen LogP) is 1.02. The Bertz CT molecular complexity index is 1270. The van der Waals surface area contributed by atoms with Crippen molar-refractivity contribution >= 4 is 5.91 Å². The van der Waals surface area contributed by atoms with Crippen LogP contribution in [-0.2, 0) is 28.2 Å². The van der Waals surface area contributed by atoms with Crippen LogP contribution in [0.3, 0.4) is 0 Å². The summed E-state index contributed by atoms with van der Waals surface area (Å²) < 4.78 is 28.2. The van der Waals surface area contributed by atoms with Gasteiger partial charge in [-0.05, 0) is 24.1 Å². The molecule has 0 aliphatic carbocycles. The van der Waals surface area contributed by atoms with Gasteiger partial charge in [-0.25, -0.2) is 19.0 Å². The van der Waals surface area contributed by atoms with Crippen molar-refractivity contribution in [2.75, 3.05) is 19.8 Å². The molecule has 12 heteroatoms. The van der Waals surface area contributed by atoms with E-state index in [-0.39, 0.29) is 12.2 Å². The highest BCUT2D eigenvalue weighted by Gasteiger charge is 2.42. The lowest BCUT2D eigenvalue weighted by atomic mass is 9.92. The molecule has 1 spiro atoms. The van der Waals surface area contributed by atoms with Crippen LogP contribution in [0.1, 0.15) is 41.1 Å². The van der Waals surface area contributed by atoms with Crippen LogP contribution in [0.4, 0.5) is 4.39 Å². The number of carbonyl (C=O) groups is 1. The molecule has 1 aromatic carbocycles. The summed E-state index contributed by atoms with van der Waals surface area (Å²) in [5.41, 5.74) is -0.968. The van der Waals surface area contributed by atoms with Crippen molar-refractivity contribution < 1.29 is 23.8 Å². The Morgan fingerprint density at radius 3 is 2.85 bits per heavy atom. The number of carbonyl (C=O) groups excluding carboxylic acids is 1. The average Bonchev–Trinajstić information content (AvgIpc) is 3.33. The van der Waals surface area contributed by atoms with Crippen molar-refractivity contribution in [1.82, 2.24) is 29.6 Å². The van der Waals surface area contributed by atoms with Crippen LogP contribution in [-0.4, -0.2) is 55.1 Å². The van der Waals surface area contributed by atoms with Crippen LogP contribution in [0.25, 0.3) is 5.69 Å². The number of hydrogen-bond acceptors (Lipinski definition) is 8. The van der Waals surface area contributed by atoms with Crippen LogP contribution in [0.2, 0.25) is 0 Å². The molecule has 2 aliphatic rings. The van der Waals surface area contributed by atoms with Crippen molar-refractivity contribution in [1.29, 1.82) is 0 Å². The third-order valence-electron chi connectivity index (χ3n) is 6.13. The first-order valence-electron chi connectivity index (χ1n) is 11.0. The van der Waals surface area contributed by atoms with Gasteiger partial charge in [0.1, 0.15) is 29.9 Å². The molecule has 1 fully saturated rings. The van der Waals surface area contributed by atoms with Crippen LogP contribution >= 0.6 is 0 Å². The molecule has 3 aromatic rings. The molecular formula is C22H23FN6O5. The Kier molecular flexibility index (Phi) is 5.84. The molecule has 0 bridgehead atoms. The van der Waals surface area contributed by atoms with E-state index < -0.39 is 28.6 Å². The Hall–Kier alpha value is -3.64. The number of nitrogens with one attached hydrogen (secondary N) is 1. The number of nitrogens with zero attached hydrogens (tertiary/aromatic N) is 5. The number of hydrogen-bond donors (Lipinski definition) is 2. The van der Waals surface area contributed by atoms with Crippen LogP contribution in [0.15, 0.2) is 35.6 Å². The third kappa shape index (κ3) is 3.94. The standard InChI is InChI=1S/C22H23FN6O5/c23-15-3-2-14(16(10-15)29-13-24-12-26-29)11-25-19(31)17-18(30)20(32)28-6-1-7-34-22(21(28)27-17)4-8-33-9-5-22/h2-3,10,12-13,30H,1,4-9,11H2,(H,25,31). The molecule has 2 N–H and O–H groups in total. The van der Waals surface area contributed by atoms with Crippen molar-refractivity contribution in [3.8, 4) is 11.4 Å². The van der Waals surface area contributed by atoms with Gasteiger partial charge in [-0.3, -0.25) is 14.2 Å². The molecule has 11 nitrogen and oxygen atoms in total. The van der Waals surface area contributed by atoms with E-state index in [9.17, 15) is 19.1 Å². The number of ether oxygens (including phenoxy) is 2. The summed E-state index contributed by atoms with van der Waals surface area (Å²) in [5, 5.41) is 17.2. The normalized spacial score (nSPS) is 17.2. The smallest absolute Gasteiger partial charge is 0.296 e. The molecule has 0 radical (unpaired) electrons. The first-order valence-corrected chi connectivity index (χ1v) is 11.0. The van der Waals surface area contributed by atoms with Crippen molar-refractivity contribution in [3.05, 3.63) is 64.1 Å². The van der Waals surface area contributed by atoms with Gasteiger partial charge in [0.15, 0.2) is 5.69 Å². The summed E-state index contributed by atoms with van der Waals surface area (Å²) in [5.74, 6) is -1.61. The van der Waals surface area contributed by atoms with Gasteiger partial charge < -0.3 is 19.9 Å². The third-order valence-corrected chi connectivity index (χ3v) is 6.13.